The predicted molar refractivity (Wildman–Crippen MR) is 113 cm³/mol. The van der Waals surface area contributed by atoms with Crippen LogP contribution in [0.4, 0.5) is 5.82 Å². The van der Waals surface area contributed by atoms with Gasteiger partial charge in [0.15, 0.2) is 0 Å². The van der Waals surface area contributed by atoms with Crippen LogP contribution in [0.25, 0.3) is 11.3 Å². The maximum absolute atomic E-state index is 12.8. The zero-order valence-electron chi connectivity index (χ0n) is 17.3. The molecule has 1 aliphatic rings. The highest BCUT2D eigenvalue weighted by Crippen LogP contribution is 2.34. The molecule has 9 nitrogen and oxygen atoms in total. The summed E-state index contributed by atoms with van der Waals surface area (Å²) in [6, 6.07) is 7.91. The predicted octanol–water partition coefficient (Wildman–Crippen LogP) is 2.00. The fraction of sp³-hybridized carbons (Fsp3) is 0.318. The SMILES string of the molecule is CC(C)c1cc(N)nc(-c2ccc3c(c2)CN([C@@H](CCC(=O)O)C(N)=O)C3=O)c1C#N. The zero-order valence-corrected chi connectivity index (χ0v) is 17.3. The molecule has 160 valence electrons. The van der Waals surface area contributed by atoms with Crippen molar-refractivity contribution >= 4 is 23.6 Å². The maximum atomic E-state index is 12.8. The molecule has 0 unspecified atom stereocenters. The van der Waals surface area contributed by atoms with Gasteiger partial charge in [0.25, 0.3) is 5.91 Å². The number of hydrogen-bond donors (Lipinski definition) is 3. The van der Waals surface area contributed by atoms with E-state index < -0.39 is 17.9 Å². The molecule has 31 heavy (non-hydrogen) atoms. The average molecular weight is 421 g/mol. The number of carbonyl (C=O) groups excluding carboxylic acids is 2. The van der Waals surface area contributed by atoms with Crippen molar-refractivity contribution in [1.29, 1.82) is 5.26 Å². The average Bonchev–Trinajstić information content (AvgIpc) is 3.02. The molecule has 9 heteroatoms. The standard InChI is InChI=1S/C22H23N5O4/c1-11(2)15-8-18(24)26-20(16(15)9-23)12-3-4-14-13(7-12)10-27(22(14)31)17(21(25)30)5-6-19(28)29/h3-4,7-8,11,17H,5-6,10H2,1-2H3,(H2,24,26)(H2,25,30)(H,28,29)/t17-/m0/s1. The maximum Gasteiger partial charge on any atom is 0.303 e. The molecule has 1 aromatic carbocycles. The van der Waals surface area contributed by atoms with Gasteiger partial charge in [-0.05, 0) is 41.7 Å². The number of aliphatic carboxylic acids is 1. The number of carboxylic acid groups (broad SMARTS) is 1. The second kappa shape index (κ2) is 8.44. The smallest absolute Gasteiger partial charge is 0.303 e. The Labute approximate surface area is 179 Å². The van der Waals surface area contributed by atoms with E-state index in [0.29, 0.717) is 33.8 Å². The van der Waals surface area contributed by atoms with Crippen molar-refractivity contribution in [2.75, 3.05) is 5.73 Å². The number of benzene rings is 1. The summed E-state index contributed by atoms with van der Waals surface area (Å²) < 4.78 is 0. The number of nitrogens with zero attached hydrogens (tertiary/aromatic N) is 3. The van der Waals surface area contributed by atoms with Crippen LogP contribution in [0, 0.1) is 11.3 Å². The summed E-state index contributed by atoms with van der Waals surface area (Å²) in [5.74, 6) is -1.86. The van der Waals surface area contributed by atoms with Gasteiger partial charge in [-0.3, -0.25) is 14.4 Å². The highest BCUT2D eigenvalue weighted by molar-refractivity contribution is 6.01. The molecular formula is C22H23N5O4. The van der Waals surface area contributed by atoms with Crippen LogP contribution in [0.3, 0.4) is 0 Å². The monoisotopic (exact) mass is 421 g/mol. The Kier molecular flexibility index (Phi) is 5.92. The second-order valence-electron chi connectivity index (χ2n) is 7.78. The molecule has 3 rings (SSSR count). The van der Waals surface area contributed by atoms with Gasteiger partial charge in [-0.1, -0.05) is 19.9 Å². The highest BCUT2D eigenvalue weighted by atomic mass is 16.4. The van der Waals surface area contributed by atoms with E-state index in [-0.39, 0.29) is 31.2 Å². The first-order valence-electron chi connectivity index (χ1n) is 9.79. The summed E-state index contributed by atoms with van der Waals surface area (Å²) in [6.45, 7) is 4.02. The summed E-state index contributed by atoms with van der Waals surface area (Å²) in [4.78, 5) is 41.3. The van der Waals surface area contributed by atoms with Crippen molar-refractivity contribution in [1.82, 2.24) is 9.88 Å². The van der Waals surface area contributed by atoms with Gasteiger partial charge in [0.1, 0.15) is 17.9 Å². The lowest BCUT2D eigenvalue weighted by atomic mass is 9.93. The van der Waals surface area contributed by atoms with Gasteiger partial charge in [-0.25, -0.2) is 4.98 Å². The van der Waals surface area contributed by atoms with E-state index in [1.807, 2.05) is 13.8 Å². The Bertz CT molecular complexity index is 1120. The van der Waals surface area contributed by atoms with Crippen molar-refractivity contribution in [3.8, 4) is 17.3 Å². The van der Waals surface area contributed by atoms with Crippen LogP contribution < -0.4 is 11.5 Å². The molecule has 0 bridgehead atoms. The van der Waals surface area contributed by atoms with E-state index in [1.54, 1.807) is 24.3 Å². The van der Waals surface area contributed by atoms with Crippen LogP contribution in [0.1, 0.15) is 59.7 Å². The first-order valence-corrected chi connectivity index (χ1v) is 9.79. The Hall–Kier alpha value is -3.93. The molecule has 0 aliphatic carbocycles. The van der Waals surface area contributed by atoms with E-state index in [4.69, 9.17) is 16.6 Å². The second-order valence-corrected chi connectivity index (χ2v) is 7.78. The molecule has 0 spiro atoms. The van der Waals surface area contributed by atoms with Crippen molar-refractivity contribution in [3.63, 3.8) is 0 Å². The normalized spacial score (nSPS) is 13.7. The van der Waals surface area contributed by atoms with Gasteiger partial charge in [0, 0.05) is 24.1 Å². The molecule has 0 radical (unpaired) electrons. The lowest BCUT2D eigenvalue weighted by Crippen LogP contribution is -2.45. The largest absolute Gasteiger partial charge is 0.481 e. The summed E-state index contributed by atoms with van der Waals surface area (Å²) in [7, 11) is 0. The van der Waals surface area contributed by atoms with E-state index in [9.17, 15) is 19.6 Å². The van der Waals surface area contributed by atoms with Crippen LogP contribution in [-0.2, 0) is 16.1 Å². The van der Waals surface area contributed by atoms with E-state index in [1.165, 1.54) is 4.90 Å². The summed E-state index contributed by atoms with van der Waals surface area (Å²) in [6.07, 6.45) is -0.347. The fourth-order valence-corrected chi connectivity index (χ4v) is 3.82. The molecule has 0 saturated carbocycles. The van der Waals surface area contributed by atoms with Crippen molar-refractivity contribution in [3.05, 3.63) is 46.5 Å². The number of carboxylic acids is 1. The first kappa shape index (κ1) is 21.8. The van der Waals surface area contributed by atoms with Crippen LogP contribution in [0.5, 0.6) is 0 Å². The number of primary amides is 1. The third kappa shape index (κ3) is 4.19. The van der Waals surface area contributed by atoms with Gasteiger partial charge in [0.2, 0.25) is 5.91 Å². The number of hydrogen-bond acceptors (Lipinski definition) is 6. The Morgan fingerprint density at radius 3 is 2.61 bits per heavy atom. The van der Waals surface area contributed by atoms with Crippen LogP contribution >= 0.6 is 0 Å². The van der Waals surface area contributed by atoms with Gasteiger partial charge in [-0.2, -0.15) is 5.26 Å². The van der Waals surface area contributed by atoms with Crippen LogP contribution in [0.15, 0.2) is 24.3 Å². The van der Waals surface area contributed by atoms with Crippen molar-refractivity contribution < 1.29 is 19.5 Å². The lowest BCUT2D eigenvalue weighted by molar-refractivity contribution is -0.137. The Morgan fingerprint density at radius 1 is 1.32 bits per heavy atom. The van der Waals surface area contributed by atoms with E-state index in [0.717, 1.165) is 5.56 Å². The number of nitriles is 1. The quantitative estimate of drug-likeness (QED) is 0.615. The molecule has 1 atom stereocenters. The molecule has 0 saturated heterocycles. The fourth-order valence-electron chi connectivity index (χ4n) is 3.82. The van der Waals surface area contributed by atoms with E-state index >= 15 is 0 Å². The van der Waals surface area contributed by atoms with Gasteiger partial charge in [0.05, 0.1) is 11.3 Å². The third-order valence-corrected chi connectivity index (χ3v) is 5.35. The number of rotatable bonds is 7. The highest BCUT2D eigenvalue weighted by Gasteiger charge is 2.36. The molecular weight excluding hydrogens is 398 g/mol. The number of carbonyl (C=O) groups is 3. The van der Waals surface area contributed by atoms with E-state index in [2.05, 4.69) is 11.1 Å². The Balaban J connectivity index is 2.01. The van der Waals surface area contributed by atoms with Gasteiger partial charge >= 0.3 is 5.97 Å². The number of pyridine rings is 1. The minimum atomic E-state index is -1.07. The lowest BCUT2D eigenvalue weighted by Gasteiger charge is -2.24. The topological polar surface area (TPSA) is 163 Å². The first-order chi connectivity index (χ1) is 14.6. The third-order valence-electron chi connectivity index (χ3n) is 5.35. The summed E-state index contributed by atoms with van der Waals surface area (Å²) in [5, 5.41) is 18.6. The van der Waals surface area contributed by atoms with Crippen molar-refractivity contribution in [2.24, 2.45) is 5.73 Å². The van der Waals surface area contributed by atoms with Gasteiger partial charge in [-0.15, -0.1) is 0 Å². The molecule has 1 aliphatic heterocycles. The van der Waals surface area contributed by atoms with Gasteiger partial charge < -0.3 is 21.5 Å². The summed E-state index contributed by atoms with van der Waals surface area (Å²) in [5.41, 5.74) is 14.7. The molecule has 2 heterocycles. The van der Waals surface area contributed by atoms with Crippen LogP contribution in [-0.4, -0.2) is 38.8 Å². The number of anilines is 1. The van der Waals surface area contributed by atoms with Crippen LogP contribution in [0.2, 0.25) is 0 Å². The molecule has 1 aromatic heterocycles. The number of aromatic nitrogens is 1. The molecule has 2 amide bonds. The molecule has 5 N–H and O–H groups in total. The number of fused-ring (bicyclic) bond motifs is 1. The summed E-state index contributed by atoms with van der Waals surface area (Å²) >= 11 is 0. The number of nitrogens with two attached hydrogens (primary N) is 2. The molecule has 0 fully saturated rings. The minimum Gasteiger partial charge on any atom is -0.481 e. The van der Waals surface area contributed by atoms with Crippen molar-refractivity contribution in [2.45, 2.75) is 45.2 Å². The number of nitrogen functional groups attached to an aromatic ring is 1. The minimum absolute atomic E-state index is 0.0651. The molecule has 2 aromatic rings. The Morgan fingerprint density at radius 2 is 2.03 bits per heavy atom. The number of amides is 2. The zero-order chi connectivity index (χ0) is 22.9.